The Kier molecular flexibility index (Phi) is 4.75. The number of anilines is 1. The molecule has 138 valence electrons. The fraction of sp³-hybridized carbons (Fsp3) is 0.211. The van der Waals surface area contributed by atoms with E-state index >= 15 is 0 Å². The van der Waals surface area contributed by atoms with Gasteiger partial charge in [0.15, 0.2) is 5.13 Å². The molecule has 0 radical (unpaired) electrons. The number of hydrogen-bond donors (Lipinski definition) is 1. The summed E-state index contributed by atoms with van der Waals surface area (Å²) in [6.07, 6.45) is 0. The van der Waals surface area contributed by atoms with Crippen LogP contribution in [-0.2, 0) is 6.54 Å². The van der Waals surface area contributed by atoms with Crippen LogP contribution in [0.15, 0.2) is 29.6 Å². The molecule has 8 heteroatoms. The minimum atomic E-state index is -0.144. The van der Waals surface area contributed by atoms with Crippen molar-refractivity contribution in [2.24, 2.45) is 0 Å². The second-order valence-corrected chi connectivity index (χ2v) is 8.68. The molecule has 0 aliphatic rings. The number of para-hydroxylation sites is 1. The van der Waals surface area contributed by atoms with Crippen LogP contribution >= 0.6 is 34.3 Å². The number of thiophene rings is 1. The van der Waals surface area contributed by atoms with Crippen molar-refractivity contribution in [3.05, 3.63) is 62.1 Å². The first-order valence-electron chi connectivity index (χ1n) is 8.37. The zero-order valence-electron chi connectivity index (χ0n) is 15.0. The molecule has 1 amide bonds. The number of carbonyl (C=O) groups excluding carboxylic acids is 1. The van der Waals surface area contributed by atoms with Crippen molar-refractivity contribution >= 4 is 55.5 Å². The van der Waals surface area contributed by atoms with Gasteiger partial charge in [-0.3, -0.25) is 14.8 Å². The number of hydrogen-bond acceptors (Lipinski definition) is 5. The first-order chi connectivity index (χ1) is 12.9. The molecule has 0 atom stereocenters. The van der Waals surface area contributed by atoms with Crippen LogP contribution in [0, 0.1) is 20.8 Å². The fourth-order valence-corrected chi connectivity index (χ4v) is 4.75. The molecule has 27 heavy (non-hydrogen) atoms. The van der Waals surface area contributed by atoms with E-state index in [1.807, 2.05) is 55.1 Å². The van der Waals surface area contributed by atoms with Gasteiger partial charge in [-0.15, -0.1) is 11.3 Å². The summed E-state index contributed by atoms with van der Waals surface area (Å²) in [7, 11) is 0. The van der Waals surface area contributed by atoms with Gasteiger partial charge in [-0.2, -0.15) is 5.10 Å². The second kappa shape index (κ2) is 7.07. The van der Waals surface area contributed by atoms with Gasteiger partial charge >= 0.3 is 0 Å². The Bertz CT molecular complexity index is 1160. The summed E-state index contributed by atoms with van der Waals surface area (Å²) in [4.78, 5) is 17.8. The van der Waals surface area contributed by atoms with Crippen LogP contribution in [0.2, 0.25) is 5.02 Å². The molecule has 0 unspecified atom stereocenters. The first kappa shape index (κ1) is 18.2. The number of nitrogens with one attached hydrogen (secondary N) is 1. The summed E-state index contributed by atoms with van der Waals surface area (Å²) in [6.45, 7) is 6.43. The summed E-state index contributed by atoms with van der Waals surface area (Å²) >= 11 is 9.10. The number of amides is 1. The Labute approximate surface area is 169 Å². The lowest BCUT2D eigenvalue weighted by atomic mass is 10.2. The van der Waals surface area contributed by atoms with E-state index in [4.69, 9.17) is 11.6 Å². The molecule has 0 aliphatic carbocycles. The van der Waals surface area contributed by atoms with Gasteiger partial charge in [0, 0.05) is 0 Å². The molecule has 0 saturated heterocycles. The van der Waals surface area contributed by atoms with Gasteiger partial charge in [0.1, 0.15) is 0 Å². The number of aromatic nitrogens is 3. The lowest BCUT2D eigenvalue weighted by molar-refractivity contribution is 0.103. The second-order valence-electron chi connectivity index (χ2n) is 6.36. The molecule has 0 bridgehead atoms. The topological polar surface area (TPSA) is 59.8 Å². The third-order valence-electron chi connectivity index (χ3n) is 4.34. The molecule has 3 heterocycles. The smallest absolute Gasteiger partial charge is 0.267 e. The molecule has 5 nitrogen and oxygen atoms in total. The summed E-state index contributed by atoms with van der Waals surface area (Å²) < 4.78 is 2.93. The molecule has 0 spiro atoms. The summed E-state index contributed by atoms with van der Waals surface area (Å²) in [6, 6.07) is 7.92. The maximum Gasteiger partial charge on any atom is 0.267 e. The number of rotatable bonds is 4. The molecule has 1 aromatic carbocycles. The lowest BCUT2D eigenvalue weighted by Crippen LogP contribution is -2.10. The Morgan fingerprint density at radius 3 is 2.81 bits per heavy atom. The zero-order chi connectivity index (χ0) is 19.1. The van der Waals surface area contributed by atoms with Crippen molar-refractivity contribution in [3.63, 3.8) is 0 Å². The van der Waals surface area contributed by atoms with Crippen LogP contribution in [0.3, 0.4) is 0 Å². The molecular weight excluding hydrogens is 400 g/mol. The van der Waals surface area contributed by atoms with Gasteiger partial charge in [-0.05, 0) is 49.4 Å². The Morgan fingerprint density at radius 2 is 2.11 bits per heavy atom. The van der Waals surface area contributed by atoms with Crippen LogP contribution in [0.25, 0.3) is 10.2 Å². The predicted octanol–water partition coefficient (Wildman–Crippen LogP) is 5.43. The van der Waals surface area contributed by atoms with Crippen LogP contribution in [0.1, 0.15) is 32.2 Å². The quantitative estimate of drug-likeness (QED) is 0.482. The maximum absolute atomic E-state index is 12.6. The standard InChI is InChI=1S/C19H17ClN4OS2/c1-10-5-4-6-14-17(10)21-19(27-14)22-18(25)15-7-13(9-26-15)8-24-12(3)16(20)11(2)23-24/h4-7,9H,8H2,1-3H3,(H,21,22,25). The van der Waals surface area contributed by atoms with Crippen molar-refractivity contribution in [3.8, 4) is 0 Å². The Hall–Kier alpha value is -2.22. The maximum atomic E-state index is 12.6. The minimum Gasteiger partial charge on any atom is -0.297 e. The van der Waals surface area contributed by atoms with Crippen LogP contribution < -0.4 is 5.32 Å². The number of aryl methyl sites for hydroxylation is 2. The van der Waals surface area contributed by atoms with E-state index in [-0.39, 0.29) is 5.91 Å². The molecule has 4 aromatic rings. The van der Waals surface area contributed by atoms with Gasteiger partial charge in [-0.25, -0.2) is 4.98 Å². The Morgan fingerprint density at radius 1 is 1.30 bits per heavy atom. The van der Waals surface area contributed by atoms with Crippen molar-refractivity contribution in [1.29, 1.82) is 0 Å². The summed E-state index contributed by atoms with van der Waals surface area (Å²) in [5, 5.41) is 10.6. The number of halogens is 1. The highest BCUT2D eigenvalue weighted by molar-refractivity contribution is 7.22. The lowest BCUT2D eigenvalue weighted by Gasteiger charge is -2.02. The largest absolute Gasteiger partial charge is 0.297 e. The number of benzene rings is 1. The highest BCUT2D eigenvalue weighted by atomic mass is 35.5. The van der Waals surface area contributed by atoms with Gasteiger partial charge in [0.25, 0.3) is 5.91 Å². The van der Waals surface area contributed by atoms with E-state index in [1.165, 1.54) is 22.7 Å². The van der Waals surface area contributed by atoms with Crippen molar-refractivity contribution in [2.45, 2.75) is 27.3 Å². The van der Waals surface area contributed by atoms with E-state index < -0.39 is 0 Å². The van der Waals surface area contributed by atoms with Crippen LogP contribution in [-0.4, -0.2) is 20.7 Å². The average molecular weight is 417 g/mol. The molecular formula is C19H17ClN4OS2. The molecule has 0 aliphatic heterocycles. The molecule has 1 N–H and O–H groups in total. The normalized spacial score (nSPS) is 11.3. The van der Waals surface area contributed by atoms with Crippen LogP contribution in [0.5, 0.6) is 0 Å². The van der Waals surface area contributed by atoms with E-state index in [0.29, 0.717) is 21.6 Å². The fourth-order valence-electron chi connectivity index (χ4n) is 2.88. The van der Waals surface area contributed by atoms with E-state index in [9.17, 15) is 4.79 Å². The molecule has 4 rings (SSSR count). The number of fused-ring (bicyclic) bond motifs is 1. The number of thiazole rings is 1. The predicted molar refractivity (Wildman–Crippen MR) is 112 cm³/mol. The van der Waals surface area contributed by atoms with Crippen molar-refractivity contribution < 1.29 is 4.79 Å². The van der Waals surface area contributed by atoms with E-state index in [1.54, 1.807) is 0 Å². The third-order valence-corrected chi connectivity index (χ3v) is 6.81. The number of carbonyl (C=O) groups is 1. The number of nitrogens with zero attached hydrogens (tertiary/aromatic N) is 3. The van der Waals surface area contributed by atoms with E-state index in [2.05, 4.69) is 15.4 Å². The van der Waals surface area contributed by atoms with Gasteiger partial charge in [0.2, 0.25) is 0 Å². The first-order valence-corrected chi connectivity index (χ1v) is 10.4. The van der Waals surface area contributed by atoms with Crippen molar-refractivity contribution in [2.75, 3.05) is 5.32 Å². The average Bonchev–Trinajstić information content (AvgIpc) is 3.32. The molecule has 3 aromatic heterocycles. The molecule has 0 saturated carbocycles. The Balaban J connectivity index is 1.51. The zero-order valence-corrected chi connectivity index (χ0v) is 17.4. The highest BCUT2D eigenvalue weighted by Gasteiger charge is 2.15. The monoisotopic (exact) mass is 416 g/mol. The third kappa shape index (κ3) is 3.50. The van der Waals surface area contributed by atoms with Crippen molar-refractivity contribution in [1.82, 2.24) is 14.8 Å². The van der Waals surface area contributed by atoms with Gasteiger partial charge in [-0.1, -0.05) is 35.1 Å². The van der Waals surface area contributed by atoms with Gasteiger partial charge < -0.3 is 0 Å². The van der Waals surface area contributed by atoms with E-state index in [0.717, 1.165) is 32.7 Å². The van der Waals surface area contributed by atoms with Gasteiger partial charge in [0.05, 0.1) is 38.0 Å². The SMILES string of the molecule is Cc1nn(Cc2csc(C(=O)Nc3nc4c(C)cccc4s3)c2)c(C)c1Cl. The van der Waals surface area contributed by atoms with Crippen LogP contribution in [0.4, 0.5) is 5.13 Å². The molecule has 0 fully saturated rings. The minimum absolute atomic E-state index is 0.144. The summed E-state index contributed by atoms with van der Waals surface area (Å²) in [5.41, 5.74) is 4.80. The highest BCUT2D eigenvalue weighted by Crippen LogP contribution is 2.29. The summed E-state index contributed by atoms with van der Waals surface area (Å²) in [5.74, 6) is -0.144.